The third-order valence-corrected chi connectivity index (χ3v) is 10.6. The fourth-order valence-electron chi connectivity index (χ4n) is 6.80. The van der Waals surface area contributed by atoms with E-state index in [1.807, 2.05) is 45.0 Å². The van der Waals surface area contributed by atoms with Gasteiger partial charge in [0, 0.05) is 62.2 Å². The molecule has 2 atom stereocenters. The summed E-state index contributed by atoms with van der Waals surface area (Å²) < 4.78 is 5.49. The summed E-state index contributed by atoms with van der Waals surface area (Å²) in [6.07, 6.45) is 3.35. The Balaban J connectivity index is 1.07. The van der Waals surface area contributed by atoms with Crippen LogP contribution in [0, 0.1) is 5.41 Å². The summed E-state index contributed by atoms with van der Waals surface area (Å²) in [6.45, 7) is 11.7. The van der Waals surface area contributed by atoms with Crippen LogP contribution in [0.3, 0.4) is 0 Å². The molecule has 236 valence electrons. The van der Waals surface area contributed by atoms with Gasteiger partial charge >= 0.3 is 6.03 Å². The molecule has 44 heavy (non-hydrogen) atoms. The number of thioether (sulfide) groups is 1. The molecule has 0 saturated carbocycles. The van der Waals surface area contributed by atoms with Crippen LogP contribution in [0.4, 0.5) is 21.9 Å². The van der Waals surface area contributed by atoms with Gasteiger partial charge in [0.2, 0.25) is 11.8 Å². The number of likely N-dealkylation sites (tertiary alicyclic amines) is 1. The van der Waals surface area contributed by atoms with Gasteiger partial charge in [-0.3, -0.25) is 14.5 Å². The average molecular weight is 620 g/mol. The zero-order valence-electron chi connectivity index (χ0n) is 26.2. The van der Waals surface area contributed by atoms with Gasteiger partial charge in [-0.2, -0.15) is 0 Å². The number of benzene rings is 2. The lowest BCUT2D eigenvalue weighted by molar-refractivity contribution is -0.134. The molecular formula is C34H45N5O4S. The number of urea groups is 1. The fourth-order valence-corrected chi connectivity index (χ4v) is 8.59. The molecule has 2 unspecified atom stereocenters. The standard InChI is InChI=1S/C34H45N5O4S/c1-34(2,3)23-31-39(27-10-8-25(9-11-27)36-18-20-43-21-19-36)32(41)29(44-31)22-30(40)37-15-13-26(14-16-37)38-17-12-24-6-4-5-7-28(24)35-33(38)42/h4-11,26,29,31H,12-23H2,1-3H3,(H,35,42). The van der Waals surface area contributed by atoms with Crippen molar-refractivity contribution >= 4 is 46.7 Å². The number of rotatable bonds is 6. The van der Waals surface area contributed by atoms with Crippen molar-refractivity contribution in [2.75, 3.05) is 61.1 Å². The van der Waals surface area contributed by atoms with Gasteiger partial charge in [-0.1, -0.05) is 39.0 Å². The van der Waals surface area contributed by atoms with Gasteiger partial charge in [-0.05, 0) is 67.0 Å². The summed E-state index contributed by atoms with van der Waals surface area (Å²) in [6, 6.07) is 16.3. The summed E-state index contributed by atoms with van der Waals surface area (Å²) in [5.41, 5.74) is 4.11. The van der Waals surface area contributed by atoms with Gasteiger partial charge in [-0.15, -0.1) is 11.8 Å². The zero-order chi connectivity index (χ0) is 30.8. The highest BCUT2D eigenvalue weighted by molar-refractivity contribution is 8.02. The molecule has 10 heteroatoms. The molecule has 0 spiro atoms. The molecule has 0 aliphatic carbocycles. The number of fused-ring (bicyclic) bond motifs is 1. The first kappa shape index (κ1) is 30.8. The van der Waals surface area contributed by atoms with E-state index in [4.69, 9.17) is 4.74 Å². The number of morpholine rings is 1. The van der Waals surface area contributed by atoms with Crippen LogP contribution in [0.1, 0.15) is 52.0 Å². The van der Waals surface area contributed by atoms with Gasteiger partial charge in [0.05, 0.1) is 23.8 Å². The van der Waals surface area contributed by atoms with Crippen LogP contribution in [-0.4, -0.2) is 90.2 Å². The highest BCUT2D eigenvalue weighted by Gasteiger charge is 2.44. The van der Waals surface area contributed by atoms with E-state index in [1.54, 1.807) is 11.8 Å². The van der Waals surface area contributed by atoms with E-state index in [1.165, 1.54) is 0 Å². The molecule has 2 aromatic carbocycles. The molecule has 2 aromatic rings. The van der Waals surface area contributed by atoms with E-state index in [9.17, 15) is 14.4 Å². The Morgan fingerprint density at radius 3 is 2.32 bits per heavy atom. The van der Waals surface area contributed by atoms with Crippen LogP contribution < -0.4 is 15.1 Å². The van der Waals surface area contributed by atoms with Gasteiger partial charge in [0.15, 0.2) is 0 Å². The van der Waals surface area contributed by atoms with Crippen LogP contribution >= 0.6 is 11.8 Å². The summed E-state index contributed by atoms with van der Waals surface area (Å²) in [4.78, 5) is 48.5. The number of hydrogen-bond acceptors (Lipinski definition) is 6. The molecule has 0 aromatic heterocycles. The average Bonchev–Trinajstić information content (AvgIpc) is 3.19. The normalized spacial score (nSPS) is 23.4. The maximum atomic E-state index is 13.9. The predicted molar refractivity (Wildman–Crippen MR) is 176 cm³/mol. The van der Waals surface area contributed by atoms with Gasteiger partial charge in [0.25, 0.3) is 0 Å². The van der Waals surface area contributed by atoms with Crippen molar-refractivity contribution < 1.29 is 19.1 Å². The number of ether oxygens (including phenoxy) is 1. The molecule has 0 bridgehead atoms. The van der Waals surface area contributed by atoms with Crippen LogP contribution in [0.5, 0.6) is 0 Å². The van der Waals surface area contributed by atoms with Crippen LogP contribution in [0.2, 0.25) is 0 Å². The van der Waals surface area contributed by atoms with Gasteiger partial charge in [-0.25, -0.2) is 4.79 Å². The minimum absolute atomic E-state index is 0.0208. The molecule has 4 aliphatic rings. The number of hydrogen-bond donors (Lipinski definition) is 1. The Kier molecular flexibility index (Phi) is 9.10. The SMILES string of the molecule is CC(C)(C)CC1SC(CC(=O)N2CCC(N3CCc4ccccc4NC3=O)CC2)C(=O)N1c1ccc(N2CCOCC2)cc1. The fraction of sp³-hybridized carbons (Fsp3) is 0.559. The number of anilines is 3. The number of amides is 4. The number of nitrogens with one attached hydrogen (secondary N) is 1. The third-order valence-electron chi connectivity index (χ3n) is 9.17. The molecule has 1 N–H and O–H groups in total. The Morgan fingerprint density at radius 2 is 1.61 bits per heavy atom. The maximum Gasteiger partial charge on any atom is 0.322 e. The van der Waals surface area contributed by atoms with Crippen molar-refractivity contribution in [3.63, 3.8) is 0 Å². The molecule has 0 radical (unpaired) electrons. The van der Waals surface area contributed by atoms with E-state index in [-0.39, 0.29) is 41.1 Å². The second-order valence-corrected chi connectivity index (χ2v) is 14.9. The van der Waals surface area contributed by atoms with Gasteiger partial charge < -0.3 is 24.8 Å². The summed E-state index contributed by atoms with van der Waals surface area (Å²) >= 11 is 1.63. The van der Waals surface area contributed by atoms with Crippen molar-refractivity contribution in [1.82, 2.24) is 9.80 Å². The minimum atomic E-state index is -0.401. The van der Waals surface area contributed by atoms with E-state index in [0.29, 0.717) is 19.6 Å². The third kappa shape index (κ3) is 6.86. The Bertz CT molecular complexity index is 1350. The quantitative estimate of drug-likeness (QED) is 0.478. The molecule has 6 rings (SSSR count). The topological polar surface area (TPSA) is 85.4 Å². The smallest absolute Gasteiger partial charge is 0.322 e. The molecule has 4 heterocycles. The van der Waals surface area contributed by atoms with Crippen molar-refractivity contribution in [1.29, 1.82) is 0 Å². The lowest BCUT2D eigenvalue weighted by Gasteiger charge is -2.38. The molecule has 3 saturated heterocycles. The van der Waals surface area contributed by atoms with Gasteiger partial charge in [0.1, 0.15) is 0 Å². The molecular weight excluding hydrogens is 574 g/mol. The second kappa shape index (κ2) is 13.0. The van der Waals surface area contributed by atoms with E-state index in [0.717, 1.165) is 74.6 Å². The number of carbonyl (C=O) groups excluding carboxylic acids is 3. The first-order valence-corrected chi connectivity index (χ1v) is 17.0. The van der Waals surface area contributed by atoms with Crippen molar-refractivity contribution in [2.45, 2.75) is 69.5 Å². The number of carbonyl (C=O) groups is 3. The van der Waals surface area contributed by atoms with Crippen LogP contribution in [-0.2, 0) is 20.7 Å². The molecule has 4 amide bonds. The Labute approximate surface area is 265 Å². The minimum Gasteiger partial charge on any atom is -0.378 e. The lowest BCUT2D eigenvalue weighted by atomic mass is 9.92. The second-order valence-electron chi connectivity index (χ2n) is 13.5. The summed E-state index contributed by atoms with van der Waals surface area (Å²) in [5.74, 6) is 0.0495. The predicted octanol–water partition coefficient (Wildman–Crippen LogP) is 5.21. The molecule has 4 aliphatic heterocycles. The zero-order valence-corrected chi connectivity index (χ0v) is 27.0. The Hall–Kier alpha value is -3.24. The largest absolute Gasteiger partial charge is 0.378 e. The van der Waals surface area contributed by atoms with Crippen molar-refractivity contribution in [3.8, 4) is 0 Å². The van der Waals surface area contributed by atoms with E-state index in [2.05, 4.69) is 49.2 Å². The molecule has 9 nitrogen and oxygen atoms in total. The lowest BCUT2D eigenvalue weighted by Crippen LogP contribution is -2.50. The van der Waals surface area contributed by atoms with Crippen molar-refractivity contribution in [3.05, 3.63) is 54.1 Å². The highest BCUT2D eigenvalue weighted by atomic mass is 32.2. The molecule has 3 fully saturated rings. The first-order valence-electron chi connectivity index (χ1n) is 16.0. The van der Waals surface area contributed by atoms with E-state index >= 15 is 0 Å². The summed E-state index contributed by atoms with van der Waals surface area (Å²) in [7, 11) is 0. The monoisotopic (exact) mass is 619 g/mol. The number of nitrogens with zero attached hydrogens (tertiary/aromatic N) is 4. The number of para-hydroxylation sites is 1. The van der Waals surface area contributed by atoms with Crippen LogP contribution in [0.25, 0.3) is 0 Å². The van der Waals surface area contributed by atoms with Crippen LogP contribution in [0.15, 0.2) is 48.5 Å². The first-order chi connectivity index (χ1) is 21.2. The highest BCUT2D eigenvalue weighted by Crippen LogP contribution is 2.43. The Morgan fingerprint density at radius 1 is 0.932 bits per heavy atom. The number of piperidine rings is 1. The summed E-state index contributed by atoms with van der Waals surface area (Å²) in [5, 5.41) is 2.64. The van der Waals surface area contributed by atoms with Crippen molar-refractivity contribution in [2.24, 2.45) is 5.41 Å². The van der Waals surface area contributed by atoms with E-state index < -0.39 is 5.25 Å². The maximum absolute atomic E-state index is 13.9.